The lowest BCUT2D eigenvalue weighted by atomic mass is 10.1. The highest BCUT2D eigenvalue weighted by molar-refractivity contribution is 7.80. The summed E-state index contributed by atoms with van der Waals surface area (Å²) in [7, 11) is 0. The van der Waals surface area contributed by atoms with Crippen molar-refractivity contribution in [2.45, 2.75) is 26.2 Å². The van der Waals surface area contributed by atoms with Crippen LogP contribution in [0.2, 0.25) is 0 Å². The van der Waals surface area contributed by atoms with E-state index in [0.717, 1.165) is 18.6 Å². The van der Waals surface area contributed by atoms with E-state index in [1.165, 1.54) is 0 Å². The second-order valence-corrected chi connectivity index (χ2v) is 3.46. The minimum Gasteiger partial charge on any atom is -0.466 e. The molecule has 1 fully saturated rings. The Kier molecular flexibility index (Phi) is 2.82. The third kappa shape index (κ3) is 2.40. The van der Waals surface area contributed by atoms with Crippen LogP contribution in [0.5, 0.6) is 0 Å². The van der Waals surface area contributed by atoms with Crippen LogP contribution in [0.25, 0.3) is 0 Å². The molecule has 0 amide bonds. The molecular formula is C8H14O2S. The first-order valence-corrected chi connectivity index (χ1v) is 4.62. The molecule has 1 aliphatic rings. The van der Waals surface area contributed by atoms with E-state index in [9.17, 15) is 4.79 Å². The predicted molar refractivity (Wildman–Crippen MR) is 46.8 cm³/mol. The summed E-state index contributed by atoms with van der Waals surface area (Å²) in [5.74, 6) is 0.741. The van der Waals surface area contributed by atoms with E-state index in [1.807, 2.05) is 6.92 Å². The van der Waals surface area contributed by atoms with E-state index in [1.54, 1.807) is 0 Å². The van der Waals surface area contributed by atoms with Crippen LogP contribution in [0.4, 0.5) is 0 Å². The minimum atomic E-state index is -0.0703. The fourth-order valence-corrected chi connectivity index (χ4v) is 1.51. The van der Waals surface area contributed by atoms with Gasteiger partial charge in [-0.25, -0.2) is 0 Å². The third-order valence-electron chi connectivity index (χ3n) is 2.12. The molecule has 1 aliphatic carbocycles. The number of esters is 1. The van der Waals surface area contributed by atoms with E-state index in [0.29, 0.717) is 13.0 Å². The van der Waals surface area contributed by atoms with Gasteiger partial charge in [0.2, 0.25) is 0 Å². The number of ether oxygens (including phenoxy) is 1. The van der Waals surface area contributed by atoms with Crippen LogP contribution in [0, 0.1) is 5.41 Å². The molecule has 1 saturated carbocycles. The lowest BCUT2D eigenvalue weighted by Gasteiger charge is -2.09. The molecule has 0 aromatic heterocycles. The second-order valence-electron chi connectivity index (χ2n) is 3.14. The zero-order valence-electron chi connectivity index (χ0n) is 6.80. The Bertz CT molecular complexity index is 152. The average Bonchev–Trinajstić information content (AvgIpc) is 2.70. The maximum absolute atomic E-state index is 11.0. The van der Waals surface area contributed by atoms with Gasteiger partial charge in [-0.15, -0.1) is 0 Å². The maximum Gasteiger partial charge on any atom is 0.306 e. The molecule has 0 bridgehead atoms. The van der Waals surface area contributed by atoms with E-state index in [-0.39, 0.29) is 11.4 Å². The number of hydrogen-bond acceptors (Lipinski definition) is 3. The molecule has 2 nitrogen and oxygen atoms in total. The monoisotopic (exact) mass is 174 g/mol. The van der Waals surface area contributed by atoms with Crippen molar-refractivity contribution in [1.29, 1.82) is 0 Å². The second kappa shape index (κ2) is 3.48. The van der Waals surface area contributed by atoms with Crippen LogP contribution in [0.1, 0.15) is 26.2 Å². The van der Waals surface area contributed by atoms with Crippen LogP contribution >= 0.6 is 12.6 Å². The molecule has 0 aromatic rings. The molecule has 0 radical (unpaired) electrons. The molecule has 3 heteroatoms. The van der Waals surface area contributed by atoms with Crippen molar-refractivity contribution >= 4 is 18.6 Å². The van der Waals surface area contributed by atoms with Crippen LogP contribution in [0.15, 0.2) is 0 Å². The molecule has 0 saturated heterocycles. The topological polar surface area (TPSA) is 26.3 Å². The van der Waals surface area contributed by atoms with Gasteiger partial charge in [0, 0.05) is 0 Å². The molecule has 64 valence electrons. The van der Waals surface area contributed by atoms with Gasteiger partial charge >= 0.3 is 5.97 Å². The molecule has 0 aliphatic heterocycles. The molecule has 11 heavy (non-hydrogen) atoms. The minimum absolute atomic E-state index is 0.0703. The van der Waals surface area contributed by atoms with Crippen molar-refractivity contribution in [3.8, 4) is 0 Å². The standard InChI is InChI=1S/C8H14O2S/c1-2-10-7(9)5-8(6-11)3-4-8/h11H,2-6H2,1H3. The number of carbonyl (C=O) groups excluding carboxylic acids is 1. The Morgan fingerprint density at radius 1 is 1.64 bits per heavy atom. The van der Waals surface area contributed by atoms with Crippen LogP contribution in [-0.4, -0.2) is 18.3 Å². The summed E-state index contributed by atoms with van der Waals surface area (Å²) in [5.41, 5.74) is 0.204. The quantitative estimate of drug-likeness (QED) is 0.518. The maximum atomic E-state index is 11.0. The van der Waals surface area contributed by atoms with Crippen molar-refractivity contribution in [1.82, 2.24) is 0 Å². The lowest BCUT2D eigenvalue weighted by Crippen LogP contribution is -2.13. The predicted octanol–water partition coefficient (Wildman–Crippen LogP) is 1.65. The smallest absolute Gasteiger partial charge is 0.306 e. The van der Waals surface area contributed by atoms with Crippen molar-refractivity contribution in [2.24, 2.45) is 5.41 Å². The van der Waals surface area contributed by atoms with E-state index in [2.05, 4.69) is 12.6 Å². The van der Waals surface area contributed by atoms with Crippen molar-refractivity contribution in [3.05, 3.63) is 0 Å². The largest absolute Gasteiger partial charge is 0.466 e. The zero-order valence-corrected chi connectivity index (χ0v) is 7.69. The Hall–Kier alpha value is -0.180. The van der Waals surface area contributed by atoms with Gasteiger partial charge in [-0.05, 0) is 30.9 Å². The Morgan fingerprint density at radius 3 is 2.64 bits per heavy atom. The van der Waals surface area contributed by atoms with Gasteiger partial charge in [0.1, 0.15) is 0 Å². The highest BCUT2D eigenvalue weighted by Crippen LogP contribution is 2.49. The average molecular weight is 174 g/mol. The Balaban J connectivity index is 2.24. The Labute approximate surface area is 72.7 Å². The lowest BCUT2D eigenvalue weighted by molar-refractivity contribution is -0.144. The molecule has 1 rings (SSSR count). The molecule has 0 heterocycles. The van der Waals surface area contributed by atoms with Crippen molar-refractivity contribution in [2.75, 3.05) is 12.4 Å². The Morgan fingerprint density at radius 2 is 2.27 bits per heavy atom. The van der Waals surface area contributed by atoms with Gasteiger partial charge in [-0.1, -0.05) is 0 Å². The third-order valence-corrected chi connectivity index (χ3v) is 2.79. The van der Waals surface area contributed by atoms with Gasteiger partial charge in [0.25, 0.3) is 0 Å². The fourth-order valence-electron chi connectivity index (χ4n) is 1.09. The van der Waals surface area contributed by atoms with Gasteiger partial charge in [0.05, 0.1) is 13.0 Å². The van der Waals surface area contributed by atoms with Crippen LogP contribution in [0.3, 0.4) is 0 Å². The summed E-state index contributed by atoms with van der Waals surface area (Å²) in [4.78, 5) is 11.0. The summed E-state index contributed by atoms with van der Waals surface area (Å²) in [5, 5.41) is 0. The van der Waals surface area contributed by atoms with Gasteiger partial charge in [-0.3, -0.25) is 4.79 Å². The van der Waals surface area contributed by atoms with E-state index < -0.39 is 0 Å². The summed E-state index contributed by atoms with van der Waals surface area (Å²) >= 11 is 4.20. The number of rotatable bonds is 4. The molecular weight excluding hydrogens is 160 g/mol. The molecule has 0 atom stereocenters. The number of hydrogen-bond donors (Lipinski definition) is 1. The SMILES string of the molecule is CCOC(=O)CC1(CS)CC1. The van der Waals surface area contributed by atoms with Crippen LogP contribution < -0.4 is 0 Å². The van der Waals surface area contributed by atoms with Gasteiger partial charge in [-0.2, -0.15) is 12.6 Å². The van der Waals surface area contributed by atoms with E-state index in [4.69, 9.17) is 4.74 Å². The van der Waals surface area contributed by atoms with Crippen molar-refractivity contribution in [3.63, 3.8) is 0 Å². The zero-order chi connectivity index (χ0) is 8.32. The highest BCUT2D eigenvalue weighted by Gasteiger charge is 2.43. The van der Waals surface area contributed by atoms with Gasteiger partial charge in [0.15, 0.2) is 0 Å². The summed E-state index contributed by atoms with van der Waals surface area (Å²) in [6, 6.07) is 0. The summed E-state index contributed by atoms with van der Waals surface area (Å²) in [6.45, 7) is 2.32. The first-order chi connectivity index (χ1) is 5.22. The van der Waals surface area contributed by atoms with Crippen LogP contribution in [-0.2, 0) is 9.53 Å². The molecule has 0 spiro atoms. The molecule has 0 aromatic carbocycles. The summed E-state index contributed by atoms with van der Waals surface area (Å²) in [6.07, 6.45) is 2.83. The summed E-state index contributed by atoms with van der Waals surface area (Å²) < 4.78 is 4.85. The first-order valence-electron chi connectivity index (χ1n) is 3.99. The number of carbonyl (C=O) groups is 1. The van der Waals surface area contributed by atoms with Crippen molar-refractivity contribution < 1.29 is 9.53 Å². The van der Waals surface area contributed by atoms with E-state index >= 15 is 0 Å². The van der Waals surface area contributed by atoms with Gasteiger partial charge < -0.3 is 4.74 Å². The molecule has 0 unspecified atom stereocenters. The fraction of sp³-hybridized carbons (Fsp3) is 0.875. The normalized spacial score (nSPS) is 19.5. The number of thiol groups is 1. The first kappa shape index (κ1) is 8.91. The molecule has 0 N–H and O–H groups in total. The highest BCUT2D eigenvalue weighted by atomic mass is 32.1.